The first-order valence-corrected chi connectivity index (χ1v) is 10.8. The van der Waals surface area contributed by atoms with Crippen molar-refractivity contribution >= 4 is 16.6 Å². The molecule has 2 aromatic rings. The Morgan fingerprint density at radius 1 is 1.14 bits per heavy atom. The largest absolute Gasteiger partial charge is 0.383 e. The average Bonchev–Trinajstić information content (AvgIpc) is 2.75. The van der Waals surface area contributed by atoms with Gasteiger partial charge in [0.1, 0.15) is 0 Å². The highest BCUT2D eigenvalue weighted by atomic mass is 16.5. The number of nitrogens with zero attached hydrogens (tertiary/aromatic N) is 5. The van der Waals surface area contributed by atoms with Gasteiger partial charge in [-0.25, -0.2) is 4.98 Å². The number of hydrogen-bond donors (Lipinski definition) is 0. The third-order valence-electron chi connectivity index (χ3n) is 6.47. The van der Waals surface area contributed by atoms with Crippen molar-refractivity contribution in [1.82, 2.24) is 19.4 Å². The molecule has 1 unspecified atom stereocenters. The van der Waals surface area contributed by atoms with Crippen LogP contribution in [0, 0.1) is 0 Å². The van der Waals surface area contributed by atoms with E-state index in [-0.39, 0.29) is 5.56 Å². The van der Waals surface area contributed by atoms with Crippen LogP contribution < -0.4 is 10.5 Å². The Labute approximate surface area is 172 Å². The number of benzene rings is 1. The summed E-state index contributed by atoms with van der Waals surface area (Å²) in [4.78, 5) is 24.7. The van der Waals surface area contributed by atoms with Crippen LogP contribution in [-0.4, -0.2) is 85.4 Å². The van der Waals surface area contributed by atoms with Gasteiger partial charge in [-0.3, -0.25) is 14.3 Å². The molecule has 7 heteroatoms. The summed E-state index contributed by atoms with van der Waals surface area (Å²) in [7, 11) is 3.91. The van der Waals surface area contributed by atoms with Crippen LogP contribution in [0.5, 0.6) is 0 Å². The van der Waals surface area contributed by atoms with E-state index in [0.29, 0.717) is 24.6 Å². The third-order valence-corrected chi connectivity index (χ3v) is 6.47. The molecular weight excluding hydrogens is 366 g/mol. The first-order valence-electron chi connectivity index (χ1n) is 10.8. The van der Waals surface area contributed by atoms with Gasteiger partial charge in [0.2, 0.25) is 0 Å². The molecule has 0 radical (unpaired) electrons. The van der Waals surface area contributed by atoms with Crippen molar-refractivity contribution in [3.8, 4) is 0 Å². The quantitative estimate of drug-likeness (QED) is 0.736. The molecule has 0 spiro atoms. The minimum atomic E-state index is 0.0000195. The molecule has 4 rings (SSSR count). The van der Waals surface area contributed by atoms with Gasteiger partial charge in [-0.05, 0) is 44.6 Å². The zero-order chi connectivity index (χ0) is 20.2. The number of anilines is 1. The predicted molar refractivity (Wildman–Crippen MR) is 117 cm³/mol. The minimum absolute atomic E-state index is 0.0000195. The Hall–Kier alpha value is -1.96. The molecule has 1 atom stereocenters. The molecule has 7 nitrogen and oxygen atoms in total. The molecule has 0 N–H and O–H groups in total. The van der Waals surface area contributed by atoms with Crippen LogP contribution in [0.25, 0.3) is 10.9 Å². The van der Waals surface area contributed by atoms with Gasteiger partial charge in [0, 0.05) is 51.6 Å². The molecule has 0 aliphatic carbocycles. The molecule has 1 aromatic carbocycles. The van der Waals surface area contributed by atoms with Crippen LogP contribution in [0.4, 0.5) is 5.69 Å². The van der Waals surface area contributed by atoms with E-state index in [1.54, 1.807) is 18.0 Å². The molecule has 2 aliphatic heterocycles. The van der Waals surface area contributed by atoms with E-state index in [1.807, 2.05) is 6.07 Å². The summed E-state index contributed by atoms with van der Waals surface area (Å²) in [6.45, 7) is 7.68. The van der Waals surface area contributed by atoms with Gasteiger partial charge in [-0.15, -0.1) is 0 Å². The van der Waals surface area contributed by atoms with Crippen LogP contribution in [0.2, 0.25) is 0 Å². The van der Waals surface area contributed by atoms with Crippen molar-refractivity contribution in [3.63, 3.8) is 0 Å². The first kappa shape index (κ1) is 20.3. The Morgan fingerprint density at radius 3 is 2.72 bits per heavy atom. The van der Waals surface area contributed by atoms with Crippen LogP contribution in [-0.2, 0) is 11.3 Å². The summed E-state index contributed by atoms with van der Waals surface area (Å²) >= 11 is 0. The lowest BCUT2D eigenvalue weighted by molar-refractivity contribution is 0.125. The van der Waals surface area contributed by atoms with Crippen molar-refractivity contribution in [2.75, 3.05) is 64.9 Å². The number of aromatic nitrogens is 2. The fourth-order valence-corrected chi connectivity index (χ4v) is 4.55. The lowest BCUT2D eigenvalue weighted by Crippen LogP contribution is -2.51. The minimum Gasteiger partial charge on any atom is -0.383 e. The summed E-state index contributed by atoms with van der Waals surface area (Å²) in [5.41, 5.74) is 1.93. The number of methoxy groups -OCH3 is 1. The topological polar surface area (TPSA) is 53.8 Å². The Morgan fingerprint density at radius 2 is 1.97 bits per heavy atom. The van der Waals surface area contributed by atoms with E-state index in [1.165, 1.54) is 32.4 Å². The number of hydrogen-bond acceptors (Lipinski definition) is 6. The monoisotopic (exact) mass is 399 g/mol. The number of piperidine rings is 1. The summed E-state index contributed by atoms with van der Waals surface area (Å²) < 4.78 is 6.69. The van der Waals surface area contributed by atoms with Crippen molar-refractivity contribution in [1.29, 1.82) is 0 Å². The summed E-state index contributed by atoms with van der Waals surface area (Å²) in [5.74, 6) is 0. The highest BCUT2D eigenvalue weighted by molar-refractivity contribution is 5.81. The summed E-state index contributed by atoms with van der Waals surface area (Å²) in [6.07, 6.45) is 5.67. The van der Waals surface area contributed by atoms with Gasteiger partial charge >= 0.3 is 0 Å². The Kier molecular flexibility index (Phi) is 6.47. The molecule has 0 bridgehead atoms. The standard InChI is InChI=1S/C22H33N5O2/c1-24-8-4-3-5-19(24)16-25-9-11-26(12-10-25)18-6-7-20-21(15-18)23-17-27(22(20)28)13-14-29-2/h6-7,15,17,19H,3-5,8-14,16H2,1-2H3. The van der Waals surface area contributed by atoms with Crippen molar-refractivity contribution in [3.05, 3.63) is 34.9 Å². The fraction of sp³-hybridized carbons (Fsp3) is 0.636. The van der Waals surface area contributed by atoms with Crippen LogP contribution in [0.3, 0.4) is 0 Å². The molecule has 2 fully saturated rings. The maximum atomic E-state index is 12.6. The van der Waals surface area contributed by atoms with Gasteiger partial charge < -0.3 is 14.5 Å². The Balaban J connectivity index is 1.40. The normalized spacial score (nSPS) is 21.7. The highest BCUT2D eigenvalue weighted by Gasteiger charge is 2.24. The predicted octanol–water partition coefficient (Wildman–Crippen LogP) is 1.65. The van der Waals surface area contributed by atoms with E-state index >= 15 is 0 Å². The molecule has 3 heterocycles. The molecule has 29 heavy (non-hydrogen) atoms. The van der Waals surface area contributed by atoms with E-state index in [2.05, 4.69) is 38.9 Å². The second-order valence-electron chi connectivity index (χ2n) is 8.36. The maximum absolute atomic E-state index is 12.6. The lowest BCUT2D eigenvalue weighted by atomic mass is 10.0. The van der Waals surface area contributed by atoms with E-state index in [4.69, 9.17) is 4.74 Å². The second kappa shape index (κ2) is 9.24. The number of likely N-dealkylation sites (tertiary alicyclic amines) is 1. The molecule has 0 saturated carbocycles. The fourth-order valence-electron chi connectivity index (χ4n) is 4.55. The number of ether oxygens (including phenoxy) is 1. The first-order chi connectivity index (χ1) is 14.2. The van der Waals surface area contributed by atoms with Crippen molar-refractivity contribution in [2.45, 2.75) is 31.8 Å². The van der Waals surface area contributed by atoms with Gasteiger partial charge in [0.25, 0.3) is 5.56 Å². The van der Waals surface area contributed by atoms with Crippen molar-refractivity contribution in [2.24, 2.45) is 0 Å². The molecular formula is C22H33N5O2. The van der Waals surface area contributed by atoms with E-state index < -0.39 is 0 Å². The van der Waals surface area contributed by atoms with Gasteiger partial charge in [-0.1, -0.05) is 6.42 Å². The summed E-state index contributed by atoms with van der Waals surface area (Å²) in [5, 5.41) is 0.673. The molecule has 158 valence electrons. The smallest absolute Gasteiger partial charge is 0.261 e. The van der Waals surface area contributed by atoms with E-state index in [9.17, 15) is 4.79 Å². The number of fused-ring (bicyclic) bond motifs is 1. The maximum Gasteiger partial charge on any atom is 0.261 e. The summed E-state index contributed by atoms with van der Waals surface area (Å²) in [6, 6.07) is 6.76. The third kappa shape index (κ3) is 4.63. The van der Waals surface area contributed by atoms with Gasteiger partial charge in [0.15, 0.2) is 0 Å². The molecule has 2 saturated heterocycles. The zero-order valence-electron chi connectivity index (χ0n) is 17.7. The van der Waals surface area contributed by atoms with Crippen LogP contribution >= 0.6 is 0 Å². The average molecular weight is 400 g/mol. The Bertz CT molecular complexity index is 875. The zero-order valence-corrected chi connectivity index (χ0v) is 17.7. The number of piperazine rings is 1. The van der Waals surface area contributed by atoms with Gasteiger partial charge in [0.05, 0.1) is 30.4 Å². The van der Waals surface area contributed by atoms with E-state index in [0.717, 1.165) is 37.4 Å². The van der Waals surface area contributed by atoms with Crippen LogP contribution in [0.15, 0.2) is 29.3 Å². The SMILES string of the molecule is COCCn1cnc2cc(N3CCN(CC4CCCCN4C)CC3)ccc2c1=O. The molecule has 2 aliphatic rings. The van der Waals surface area contributed by atoms with Gasteiger partial charge in [-0.2, -0.15) is 0 Å². The van der Waals surface area contributed by atoms with Crippen molar-refractivity contribution < 1.29 is 4.74 Å². The second-order valence-corrected chi connectivity index (χ2v) is 8.36. The molecule has 1 aromatic heterocycles. The number of rotatable bonds is 6. The van der Waals surface area contributed by atoms with Crippen LogP contribution in [0.1, 0.15) is 19.3 Å². The highest BCUT2D eigenvalue weighted by Crippen LogP contribution is 2.22. The molecule has 0 amide bonds. The number of likely N-dealkylation sites (N-methyl/N-ethyl adjacent to an activating group) is 1. The lowest BCUT2D eigenvalue weighted by Gasteiger charge is -2.40.